The number of hydrogen-bond donors (Lipinski definition) is 0. The maximum atomic E-state index is 12.8. The maximum Gasteiger partial charge on any atom is 0.302 e. The lowest BCUT2D eigenvalue weighted by Crippen LogP contribution is -2.50. The summed E-state index contributed by atoms with van der Waals surface area (Å²) in [5, 5.41) is 0. The Morgan fingerprint density at radius 2 is 1.88 bits per heavy atom. The van der Waals surface area contributed by atoms with Gasteiger partial charge < -0.3 is 4.74 Å². The molecule has 3 fully saturated rings. The smallest absolute Gasteiger partial charge is 0.302 e. The number of rotatable bonds is 1. The Morgan fingerprint density at radius 1 is 1.16 bits per heavy atom. The Balaban J connectivity index is 1.61. The largest absolute Gasteiger partial charge is 0.462 e. The predicted octanol–water partition coefficient (Wildman–Crippen LogP) is 4.70. The molecule has 7 atom stereocenters. The standard InChI is InChI=1S/C22H32O3/c1-13-11-19-17-6-5-15-12-16(25-14(2)23)7-9-21(15,3)18(17)8-10-22(19,4)20(13)24/h5,13,16-19H,6-12H2,1-4H3/t13-,16+,17+,18-,19-,21+,22-/m1/s1. The average molecular weight is 344 g/mol. The Kier molecular flexibility index (Phi) is 3.94. The van der Waals surface area contributed by atoms with E-state index in [1.165, 1.54) is 18.9 Å². The zero-order chi connectivity index (χ0) is 18.0. The number of ether oxygens (including phenoxy) is 1. The third-order valence-corrected chi connectivity index (χ3v) is 8.40. The van der Waals surface area contributed by atoms with Crippen LogP contribution in [0.4, 0.5) is 0 Å². The van der Waals surface area contributed by atoms with Crippen molar-refractivity contribution in [2.24, 2.45) is 34.5 Å². The van der Waals surface area contributed by atoms with Crippen LogP contribution in [0.1, 0.15) is 72.6 Å². The molecule has 138 valence electrons. The number of carbonyl (C=O) groups is 2. The van der Waals surface area contributed by atoms with Crippen molar-refractivity contribution < 1.29 is 14.3 Å². The zero-order valence-corrected chi connectivity index (χ0v) is 16.1. The van der Waals surface area contributed by atoms with Crippen molar-refractivity contribution in [1.29, 1.82) is 0 Å². The lowest BCUT2D eigenvalue weighted by atomic mass is 9.48. The third-order valence-electron chi connectivity index (χ3n) is 8.40. The van der Waals surface area contributed by atoms with Gasteiger partial charge in [-0.2, -0.15) is 0 Å². The molecule has 3 saturated carbocycles. The van der Waals surface area contributed by atoms with E-state index in [9.17, 15) is 9.59 Å². The number of carbonyl (C=O) groups excluding carboxylic acids is 2. The van der Waals surface area contributed by atoms with Gasteiger partial charge in [-0.25, -0.2) is 0 Å². The minimum atomic E-state index is -0.158. The van der Waals surface area contributed by atoms with E-state index in [1.807, 2.05) is 0 Å². The monoisotopic (exact) mass is 344 g/mol. The molecule has 0 amide bonds. The van der Waals surface area contributed by atoms with Crippen LogP contribution in [0, 0.1) is 34.5 Å². The Labute approximate surface area is 151 Å². The van der Waals surface area contributed by atoms with Crippen LogP contribution in [0.25, 0.3) is 0 Å². The number of ketones is 1. The van der Waals surface area contributed by atoms with Crippen molar-refractivity contribution >= 4 is 11.8 Å². The Hall–Kier alpha value is -1.12. The van der Waals surface area contributed by atoms with Gasteiger partial charge in [0.15, 0.2) is 0 Å². The Bertz CT molecular complexity index is 635. The highest BCUT2D eigenvalue weighted by Crippen LogP contribution is 2.64. The van der Waals surface area contributed by atoms with Gasteiger partial charge >= 0.3 is 5.97 Å². The van der Waals surface area contributed by atoms with Gasteiger partial charge in [0.05, 0.1) is 0 Å². The van der Waals surface area contributed by atoms with E-state index in [0.717, 1.165) is 38.5 Å². The highest BCUT2D eigenvalue weighted by Gasteiger charge is 2.60. The van der Waals surface area contributed by atoms with Gasteiger partial charge in [0.1, 0.15) is 11.9 Å². The number of Topliss-reactive ketones (excluding diaryl/α,β-unsaturated/α-hetero) is 1. The first kappa shape index (κ1) is 17.3. The number of allylic oxidation sites excluding steroid dienone is 1. The molecule has 0 radical (unpaired) electrons. The van der Waals surface area contributed by atoms with Crippen molar-refractivity contribution in [3.63, 3.8) is 0 Å². The van der Waals surface area contributed by atoms with E-state index in [2.05, 4.69) is 26.8 Å². The van der Waals surface area contributed by atoms with E-state index in [0.29, 0.717) is 23.5 Å². The molecule has 3 heteroatoms. The first-order chi connectivity index (χ1) is 11.8. The van der Waals surface area contributed by atoms with Crippen LogP contribution in [-0.4, -0.2) is 17.9 Å². The van der Waals surface area contributed by atoms with E-state index < -0.39 is 0 Å². The van der Waals surface area contributed by atoms with Crippen LogP contribution in [0.2, 0.25) is 0 Å². The van der Waals surface area contributed by atoms with Crippen LogP contribution in [0.3, 0.4) is 0 Å². The van der Waals surface area contributed by atoms with E-state index in [1.54, 1.807) is 0 Å². The second-order valence-corrected chi connectivity index (χ2v) is 9.69. The quantitative estimate of drug-likeness (QED) is 0.512. The zero-order valence-electron chi connectivity index (χ0n) is 16.1. The van der Waals surface area contributed by atoms with Gasteiger partial charge in [-0.05, 0) is 61.7 Å². The molecule has 25 heavy (non-hydrogen) atoms. The van der Waals surface area contributed by atoms with Crippen LogP contribution < -0.4 is 0 Å². The Morgan fingerprint density at radius 3 is 2.60 bits per heavy atom. The second-order valence-electron chi connectivity index (χ2n) is 9.69. The van der Waals surface area contributed by atoms with E-state index in [4.69, 9.17) is 4.74 Å². The summed E-state index contributed by atoms with van der Waals surface area (Å²) < 4.78 is 5.51. The summed E-state index contributed by atoms with van der Waals surface area (Å²) in [6.45, 7) is 8.34. The summed E-state index contributed by atoms with van der Waals surface area (Å²) in [6, 6.07) is 0. The van der Waals surface area contributed by atoms with Gasteiger partial charge in [0, 0.05) is 24.7 Å². The van der Waals surface area contributed by atoms with E-state index >= 15 is 0 Å². The summed E-state index contributed by atoms with van der Waals surface area (Å²) in [7, 11) is 0. The van der Waals surface area contributed by atoms with Crippen molar-refractivity contribution in [1.82, 2.24) is 0 Å². The van der Waals surface area contributed by atoms with Gasteiger partial charge in [-0.15, -0.1) is 0 Å². The van der Waals surface area contributed by atoms with Crippen LogP contribution in [-0.2, 0) is 14.3 Å². The number of hydrogen-bond acceptors (Lipinski definition) is 3. The third kappa shape index (κ3) is 2.44. The summed E-state index contributed by atoms with van der Waals surface area (Å²) in [5.41, 5.74) is 1.69. The molecule has 0 spiro atoms. The molecule has 0 bridgehead atoms. The first-order valence-corrected chi connectivity index (χ1v) is 10.2. The average Bonchev–Trinajstić information content (AvgIpc) is 2.78. The first-order valence-electron chi connectivity index (χ1n) is 10.2. The molecule has 0 aliphatic heterocycles. The van der Waals surface area contributed by atoms with Crippen molar-refractivity contribution in [3.8, 4) is 0 Å². The minimum absolute atomic E-state index is 0.0651. The summed E-state index contributed by atoms with van der Waals surface area (Å²) >= 11 is 0. The van der Waals surface area contributed by atoms with Crippen molar-refractivity contribution in [2.45, 2.75) is 78.7 Å². The lowest BCUT2D eigenvalue weighted by molar-refractivity contribution is -0.148. The minimum Gasteiger partial charge on any atom is -0.462 e. The van der Waals surface area contributed by atoms with Crippen LogP contribution in [0.15, 0.2) is 11.6 Å². The molecule has 4 rings (SSSR count). The van der Waals surface area contributed by atoms with Crippen LogP contribution >= 0.6 is 0 Å². The fourth-order valence-corrected chi connectivity index (χ4v) is 7.07. The normalized spacial score (nSPS) is 48.9. The van der Waals surface area contributed by atoms with Crippen molar-refractivity contribution in [2.75, 3.05) is 0 Å². The topological polar surface area (TPSA) is 43.4 Å². The highest BCUT2D eigenvalue weighted by atomic mass is 16.5. The lowest BCUT2D eigenvalue weighted by Gasteiger charge is -2.56. The summed E-state index contributed by atoms with van der Waals surface area (Å²) in [5.74, 6) is 2.53. The molecule has 3 nitrogen and oxygen atoms in total. The second kappa shape index (κ2) is 5.69. The fraction of sp³-hybridized carbons (Fsp3) is 0.818. The molecule has 0 aromatic heterocycles. The van der Waals surface area contributed by atoms with Gasteiger partial charge in [0.2, 0.25) is 0 Å². The maximum absolute atomic E-state index is 12.8. The highest BCUT2D eigenvalue weighted by molar-refractivity contribution is 5.89. The van der Waals surface area contributed by atoms with E-state index in [-0.39, 0.29) is 28.8 Å². The molecule has 0 unspecified atom stereocenters. The fourth-order valence-electron chi connectivity index (χ4n) is 7.07. The molecular weight excluding hydrogens is 312 g/mol. The predicted molar refractivity (Wildman–Crippen MR) is 96.8 cm³/mol. The van der Waals surface area contributed by atoms with Gasteiger partial charge in [-0.3, -0.25) is 9.59 Å². The number of esters is 1. The van der Waals surface area contributed by atoms with Gasteiger partial charge in [0.25, 0.3) is 0 Å². The molecule has 4 aliphatic rings. The molecule has 0 saturated heterocycles. The molecule has 0 N–H and O–H groups in total. The van der Waals surface area contributed by atoms with Crippen molar-refractivity contribution in [3.05, 3.63) is 11.6 Å². The molecule has 0 aromatic rings. The molecular formula is C22H32O3. The van der Waals surface area contributed by atoms with Gasteiger partial charge in [-0.1, -0.05) is 32.4 Å². The SMILES string of the molecule is CC(=O)O[C@H]1CC[C@@]2(C)C(=CC[C@@H]3[C@H]4C[C@@H](C)C(=O)[C@]4(C)CC[C@H]32)C1. The molecule has 0 aromatic carbocycles. The van der Waals surface area contributed by atoms with Crippen LogP contribution in [0.5, 0.6) is 0 Å². The summed E-state index contributed by atoms with van der Waals surface area (Å²) in [6.07, 6.45) is 9.98. The summed E-state index contributed by atoms with van der Waals surface area (Å²) in [4.78, 5) is 24.1. The molecule has 4 aliphatic carbocycles. The number of fused-ring (bicyclic) bond motifs is 5. The molecule has 0 heterocycles.